The zero-order chi connectivity index (χ0) is 25.7. The van der Waals surface area contributed by atoms with Crippen molar-refractivity contribution in [1.29, 1.82) is 0 Å². The number of para-hydroxylation sites is 2. The summed E-state index contributed by atoms with van der Waals surface area (Å²) in [6, 6.07) is 13.7. The minimum Gasteiger partial charge on any atom is -0.493 e. The molecule has 0 spiro atoms. The number of benzene rings is 2. The molecule has 0 aliphatic rings. The number of aromatic nitrogens is 3. The molecule has 9 nitrogen and oxygen atoms in total. The molecule has 0 saturated carbocycles. The number of nitrogens with zero attached hydrogens (tertiary/aromatic N) is 4. The average Bonchev–Trinajstić information content (AvgIpc) is 3.50. The lowest BCUT2D eigenvalue weighted by Crippen LogP contribution is -2.24. The molecule has 0 aliphatic carbocycles. The molecule has 4 aromatic rings. The monoisotopic (exact) mass is 492 g/mol. The molecule has 0 aliphatic heterocycles. The summed E-state index contributed by atoms with van der Waals surface area (Å²) in [6.07, 6.45) is 1.96. The van der Waals surface area contributed by atoms with E-state index in [1.807, 2.05) is 67.2 Å². The van der Waals surface area contributed by atoms with Crippen molar-refractivity contribution in [3.63, 3.8) is 0 Å². The predicted octanol–water partition coefficient (Wildman–Crippen LogP) is 4.78. The van der Waals surface area contributed by atoms with Gasteiger partial charge in [-0.15, -0.1) is 0 Å². The quantitative estimate of drug-likeness (QED) is 0.296. The number of ether oxygens (including phenoxy) is 4. The number of methoxy groups -OCH3 is 4. The second-order valence-corrected chi connectivity index (χ2v) is 8.34. The summed E-state index contributed by atoms with van der Waals surface area (Å²) in [7, 11) is 6.57. The second kappa shape index (κ2) is 11.1. The van der Waals surface area contributed by atoms with Crippen molar-refractivity contribution >= 4 is 5.82 Å². The van der Waals surface area contributed by atoms with Gasteiger partial charge in [-0.2, -0.15) is 5.10 Å². The normalized spacial score (nSPS) is 10.8. The first-order chi connectivity index (χ1) is 17.5. The van der Waals surface area contributed by atoms with E-state index in [9.17, 15) is 0 Å². The Labute approximate surface area is 211 Å². The van der Waals surface area contributed by atoms with Crippen LogP contribution in [-0.2, 0) is 19.6 Å². The van der Waals surface area contributed by atoms with Gasteiger partial charge in [-0.1, -0.05) is 29.4 Å². The molecule has 2 heterocycles. The summed E-state index contributed by atoms with van der Waals surface area (Å²) >= 11 is 0. The van der Waals surface area contributed by atoms with Gasteiger partial charge in [-0.3, -0.25) is 4.68 Å². The van der Waals surface area contributed by atoms with Gasteiger partial charge in [0.25, 0.3) is 0 Å². The van der Waals surface area contributed by atoms with Gasteiger partial charge in [-0.05, 0) is 26.0 Å². The third-order valence-electron chi connectivity index (χ3n) is 6.14. The van der Waals surface area contributed by atoms with Gasteiger partial charge in [0, 0.05) is 42.0 Å². The van der Waals surface area contributed by atoms with Crippen molar-refractivity contribution in [2.45, 2.75) is 33.5 Å². The molecule has 0 amide bonds. The van der Waals surface area contributed by atoms with Crippen LogP contribution in [-0.4, -0.2) is 43.4 Å². The van der Waals surface area contributed by atoms with Crippen LogP contribution < -0.4 is 23.8 Å². The molecule has 190 valence electrons. The first-order valence-electron chi connectivity index (χ1n) is 11.6. The topological polar surface area (TPSA) is 84.0 Å². The number of hydrogen-bond donors (Lipinski definition) is 0. The number of hydrogen-bond acceptors (Lipinski definition) is 8. The zero-order valence-corrected chi connectivity index (χ0v) is 21.6. The molecule has 0 bridgehead atoms. The Balaban J connectivity index is 1.71. The van der Waals surface area contributed by atoms with E-state index in [0.29, 0.717) is 42.6 Å². The van der Waals surface area contributed by atoms with Crippen LogP contribution in [0.15, 0.2) is 53.2 Å². The molecule has 0 unspecified atom stereocenters. The molecule has 0 saturated heterocycles. The fraction of sp³-hybridized carbons (Fsp3) is 0.333. The Morgan fingerprint density at radius 3 is 1.86 bits per heavy atom. The Bertz CT molecular complexity index is 1240. The van der Waals surface area contributed by atoms with E-state index in [0.717, 1.165) is 34.0 Å². The van der Waals surface area contributed by atoms with Crippen LogP contribution >= 0.6 is 0 Å². The van der Waals surface area contributed by atoms with E-state index in [-0.39, 0.29) is 0 Å². The van der Waals surface area contributed by atoms with Crippen LogP contribution in [0.2, 0.25) is 0 Å². The lowest BCUT2D eigenvalue weighted by molar-refractivity contribution is 0.350. The van der Waals surface area contributed by atoms with Gasteiger partial charge in [-0.25, -0.2) is 0 Å². The maximum Gasteiger partial charge on any atom is 0.165 e. The Hall–Kier alpha value is -4.14. The molecular formula is C27H32N4O5. The number of aryl methyl sites for hydroxylation is 2. The number of rotatable bonds is 11. The van der Waals surface area contributed by atoms with E-state index >= 15 is 0 Å². The molecule has 0 N–H and O–H groups in total. The maximum atomic E-state index is 5.70. The second-order valence-electron chi connectivity index (χ2n) is 8.34. The molecular weight excluding hydrogens is 460 g/mol. The highest BCUT2D eigenvalue weighted by molar-refractivity contribution is 5.52. The van der Waals surface area contributed by atoms with E-state index in [2.05, 4.69) is 10.1 Å². The van der Waals surface area contributed by atoms with Gasteiger partial charge in [0.1, 0.15) is 5.76 Å². The van der Waals surface area contributed by atoms with E-state index in [1.165, 1.54) is 0 Å². The van der Waals surface area contributed by atoms with E-state index < -0.39 is 0 Å². The highest BCUT2D eigenvalue weighted by Crippen LogP contribution is 2.35. The minimum atomic E-state index is 0.531. The predicted molar refractivity (Wildman–Crippen MR) is 136 cm³/mol. The molecule has 0 radical (unpaired) electrons. The molecule has 2 aromatic carbocycles. The molecule has 9 heteroatoms. The molecule has 36 heavy (non-hydrogen) atoms. The molecule has 4 rings (SSSR count). The average molecular weight is 493 g/mol. The van der Waals surface area contributed by atoms with Crippen LogP contribution in [0.4, 0.5) is 5.82 Å². The lowest BCUT2D eigenvalue weighted by Gasteiger charge is -2.25. The van der Waals surface area contributed by atoms with Gasteiger partial charge >= 0.3 is 0 Å². The van der Waals surface area contributed by atoms with Gasteiger partial charge in [0.2, 0.25) is 0 Å². The van der Waals surface area contributed by atoms with Crippen molar-refractivity contribution in [3.05, 3.63) is 76.8 Å². The molecule has 2 aromatic heterocycles. The highest BCUT2D eigenvalue weighted by atomic mass is 16.5. The fourth-order valence-electron chi connectivity index (χ4n) is 4.28. The van der Waals surface area contributed by atoms with Crippen LogP contribution in [0, 0.1) is 13.8 Å². The standard InChI is InChI=1S/C27H32N4O5/c1-18-22(19(2)36-29-18)17-31-14-13-25(28-31)30(15-20-9-7-11-23(32-3)26(20)34-5)16-21-10-8-12-24(33-4)27(21)35-6/h7-14H,15-17H2,1-6H3. The van der Waals surface area contributed by atoms with E-state index in [4.69, 9.17) is 28.6 Å². The van der Waals surface area contributed by atoms with Gasteiger partial charge in [0.15, 0.2) is 28.8 Å². The third kappa shape index (κ3) is 5.10. The summed E-state index contributed by atoms with van der Waals surface area (Å²) < 4.78 is 29.6. The van der Waals surface area contributed by atoms with Crippen molar-refractivity contribution in [1.82, 2.24) is 14.9 Å². The largest absolute Gasteiger partial charge is 0.493 e. The first-order valence-corrected chi connectivity index (χ1v) is 11.6. The van der Waals surface area contributed by atoms with Gasteiger partial charge < -0.3 is 28.4 Å². The van der Waals surface area contributed by atoms with Crippen LogP contribution in [0.5, 0.6) is 23.0 Å². The number of anilines is 1. The maximum absolute atomic E-state index is 5.70. The third-order valence-corrected chi connectivity index (χ3v) is 6.14. The summed E-state index contributed by atoms with van der Waals surface area (Å²) in [4.78, 5) is 2.17. The van der Waals surface area contributed by atoms with Crippen LogP contribution in [0.3, 0.4) is 0 Å². The highest BCUT2D eigenvalue weighted by Gasteiger charge is 2.20. The van der Waals surface area contributed by atoms with Gasteiger partial charge in [0.05, 0.1) is 40.7 Å². The summed E-state index contributed by atoms with van der Waals surface area (Å²) in [5, 5.41) is 8.94. The molecule has 0 atom stereocenters. The lowest BCUT2D eigenvalue weighted by atomic mass is 10.1. The van der Waals surface area contributed by atoms with Crippen LogP contribution in [0.1, 0.15) is 28.1 Å². The summed E-state index contributed by atoms with van der Waals surface area (Å²) in [6.45, 7) is 5.48. The SMILES string of the molecule is COc1cccc(CN(Cc2cccc(OC)c2OC)c2ccn(Cc3c(C)noc3C)n2)c1OC. The van der Waals surface area contributed by atoms with Crippen molar-refractivity contribution < 1.29 is 23.5 Å². The fourth-order valence-corrected chi connectivity index (χ4v) is 4.28. The van der Waals surface area contributed by atoms with Crippen molar-refractivity contribution in [2.75, 3.05) is 33.3 Å². The summed E-state index contributed by atoms with van der Waals surface area (Å²) in [5.41, 5.74) is 3.83. The zero-order valence-electron chi connectivity index (χ0n) is 21.6. The smallest absolute Gasteiger partial charge is 0.165 e. The Kier molecular flexibility index (Phi) is 7.68. The van der Waals surface area contributed by atoms with Crippen LogP contribution in [0.25, 0.3) is 0 Å². The van der Waals surface area contributed by atoms with Crippen molar-refractivity contribution in [3.8, 4) is 23.0 Å². The Morgan fingerprint density at radius 1 is 0.806 bits per heavy atom. The summed E-state index contributed by atoms with van der Waals surface area (Å²) in [5.74, 6) is 4.34. The minimum absolute atomic E-state index is 0.531. The molecule has 0 fully saturated rings. The van der Waals surface area contributed by atoms with E-state index in [1.54, 1.807) is 28.4 Å². The van der Waals surface area contributed by atoms with Crippen molar-refractivity contribution in [2.24, 2.45) is 0 Å². The Morgan fingerprint density at radius 2 is 1.39 bits per heavy atom. The first kappa shape index (κ1) is 25.0.